The zero-order chi connectivity index (χ0) is 16.5. The van der Waals surface area contributed by atoms with Crippen LogP contribution in [0, 0.1) is 12.3 Å². The first kappa shape index (κ1) is 17.8. The smallest absolute Gasteiger partial charge is 0.325 e. The molecule has 2 amide bonds. The monoisotopic (exact) mass is 342 g/mol. The summed E-state index contributed by atoms with van der Waals surface area (Å²) in [6.07, 6.45) is 4.95. The summed E-state index contributed by atoms with van der Waals surface area (Å²) >= 11 is 11.5. The third-order valence-corrected chi connectivity index (χ3v) is 3.07. The van der Waals surface area contributed by atoms with Crippen molar-refractivity contribution in [1.82, 2.24) is 10.6 Å². The minimum absolute atomic E-state index is 0.0461. The van der Waals surface area contributed by atoms with E-state index in [-0.39, 0.29) is 23.7 Å². The van der Waals surface area contributed by atoms with E-state index >= 15 is 0 Å². The molecule has 0 heterocycles. The molecule has 8 heteroatoms. The van der Waals surface area contributed by atoms with Gasteiger partial charge in [-0.25, -0.2) is 0 Å². The maximum Gasteiger partial charge on any atom is 0.325 e. The molecule has 2 N–H and O–H groups in total. The van der Waals surface area contributed by atoms with Crippen LogP contribution in [0.25, 0.3) is 0 Å². The highest BCUT2D eigenvalue weighted by Gasteiger charge is 2.11. The Kier molecular flexibility index (Phi) is 7.23. The maximum atomic E-state index is 11.8. The fourth-order valence-electron chi connectivity index (χ4n) is 1.29. The normalized spacial score (nSPS) is 9.50. The Labute approximate surface area is 137 Å². The van der Waals surface area contributed by atoms with Gasteiger partial charge in [0.2, 0.25) is 0 Å². The summed E-state index contributed by atoms with van der Waals surface area (Å²) < 4.78 is 4.65. The van der Waals surface area contributed by atoms with Crippen molar-refractivity contribution in [3.05, 3.63) is 33.8 Å². The molecule has 0 aliphatic rings. The molecule has 0 bridgehead atoms. The number of hydrogen-bond donors (Lipinski definition) is 2. The summed E-state index contributed by atoms with van der Waals surface area (Å²) in [4.78, 5) is 34.3. The van der Waals surface area contributed by atoms with E-state index in [1.54, 1.807) is 0 Å². The van der Waals surface area contributed by atoms with Crippen molar-refractivity contribution in [1.29, 1.82) is 0 Å². The lowest BCUT2D eigenvalue weighted by Gasteiger charge is -2.07. The fourth-order valence-corrected chi connectivity index (χ4v) is 1.59. The number of nitrogens with one attached hydrogen (secondary N) is 2. The third-order valence-electron chi connectivity index (χ3n) is 2.33. The van der Waals surface area contributed by atoms with E-state index in [2.05, 4.69) is 21.3 Å². The second-order valence-electron chi connectivity index (χ2n) is 3.95. The van der Waals surface area contributed by atoms with Gasteiger partial charge in [0.1, 0.15) is 6.54 Å². The van der Waals surface area contributed by atoms with Gasteiger partial charge >= 0.3 is 5.97 Å². The van der Waals surface area contributed by atoms with Crippen molar-refractivity contribution in [3.63, 3.8) is 0 Å². The van der Waals surface area contributed by atoms with Crippen molar-refractivity contribution in [3.8, 4) is 12.3 Å². The Balaban J connectivity index is 2.37. The molecule has 0 radical (unpaired) electrons. The summed E-state index contributed by atoms with van der Waals surface area (Å²) in [5.41, 5.74) is 0.244. The minimum atomic E-state index is -0.760. The first-order chi connectivity index (χ1) is 10.4. The fraction of sp³-hybridized carbons (Fsp3) is 0.214. The van der Waals surface area contributed by atoms with Crippen LogP contribution in [0.1, 0.15) is 10.4 Å². The lowest BCUT2D eigenvalue weighted by molar-refractivity contribution is -0.147. The van der Waals surface area contributed by atoms with Crippen molar-refractivity contribution < 1.29 is 19.1 Å². The van der Waals surface area contributed by atoms with Gasteiger partial charge in [0.05, 0.1) is 16.6 Å². The molecule has 1 aromatic rings. The number of benzene rings is 1. The van der Waals surface area contributed by atoms with Crippen LogP contribution in [0.3, 0.4) is 0 Å². The lowest BCUT2D eigenvalue weighted by Crippen LogP contribution is -2.34. The highest BCUT2D eigenvalue weighted by molar-refractivity contribution is 6.42. The SMILES string of the molecule is C#CCNC(=O)COC(=O)CNC(=O)c1ccc(Cl)c(Cl)c1. The molecule has 116 valence electrons. The summed E-state index contributed by atoms with van der Waals surface area (Å²) in [6.45, 7) is -0.810. The number of ether oxygens (including phenoxy) is 1. The molecule has 0 saturated carbocycles. The van der Waals surface area contributed by atoms with E-state index < -0.39 is 24.4 Å². The number of carbonyl (C=O) groups excluding carboxylic acids is 3. The summed E-state index contributed by atoms with van der Waals surface area (Å²) in [5.74, 6) is 0.397. The van der Waals surface area contributed by atoms with Gasteiger partial charge in [-0.1, -0.05) is 29.1 Å². The van der Waals surface area contributed by atoms with Gasteiger partial charge in [-0.15, -0.1) is 6.42 Å². The number of hydrogen-bond acceptors (Lipinski definition) is 4. The molecule has 0 unspecified atom stereocenters. The van der Waals surface area contributed by atoms with Gasteiger partial charge < -0.3 is 15.4 Å². The van der Waals surface area contributed by atoms with Crippen molar-refractivity contribution in [2.24, 2.45) is 0 Å². The van der Waals surface area contributed by atoms with E-state index in [1.165, 1.54) is 18.2 Å². The number of terminal acetylenes is 1. The van der Waals surface area contributed by atoms with Gasteiger partial charge in [0, 0.05) is 5.56 Å². The maximum absolute atomic E-state index is 11.8. The first-order valence-electron chi connectivity index (χ1n) is 6.03. The summed E-state index contributed by atoms with van der Waals surface area (Å²) in [6, 6.07) is 4.30. The van der Waals surface area contributed by atoms with Crippen molar-refractivity contribution >= 4 is 41.0 Å². The number of amides is 2. The molecular formula is C14H12Cl2N2O4. The van der Waals surface area contributed by atoms with Crippen LogP contribution >= 0.6 is 23.2 Å². The Morgan fingerprint density at radius 2 is 1.91 bits per heavy atom. The molecule has 1 rings (SSSR count). The summed E-state index contributed by atoms with van der Waals surface area (Å²) in [7, 11) is 0. The number of carbonyl (C=O) groups is 3. The zero-order valence-corrected chi connectivity index (χ0v) is 12.8. The number of rotatable bonds is 6. The van der Waals surface area contributed by atoms with Gasteiger partial charge in [-0.3, -0.25) is 14.4 Å². The van der Waals surface area contributed by atoms with Crippen LogP contribution in [0.15, 0.2) is 18.2 Å². The molecule has 6 nitrogen and oxygen atoms in total. The average Bonchev–Trinajstić information content (AvgIpc) is 2.51. The van der Waals surface area contributed by atoms with E-state index in [1.807, 2.05) is 0 Å². The molecule has 0 spiro atoms. The van der Waals surface area contributed by atoms with Crippen LogP contribution in [0.5, 0.6) is 0 Å². The zero-order valence-electron chi connectivity index (χ0n) is 11.3. The second-order valence-corrected chi connectivity index (χ2v) is 4.77. The van der Waals surface area contributed by atoms with E-state index in [4.69, 9.17) is 29.6 Å². The Bertz CT molecular complexity index is 626. The van der Waals surface area contributed by atoms with Crippen molar-refractivity contribution in [2.45, 2.75) is 0 Å². The predicted octanol–water partition coefficient (Wildman–Crippen LogP) is 1.02. The number of esters is 1. The van der Waals surface area contributed by atoms with E-state index in [0.717, 1.165) is 0 Å². The average molecular weight is 343 g/mol. The quantitative estimate of drug-likeness (QED) is 0.597. The highest BCUT2D eigenvalue weighted by atomic mass is 35.5. The van der Waals surface area contributed by atoms with Crippen LogP contribution in [0.2, 0.25) is 10.0 Å². The van der Waals surface area contributed by atoms with E-state index in [0.29, 0.717) is 5.02 Å². The van der Waals surface area contributed by atoms with Crippen LogP contribution < -0.4 is 10.6 Å². The molecule has 0 fully saturated rings. The molecule has 22 heavy (non-hydrogen) atoms. The van der Waals surface area contributed by atoms with Gasteiger partial charge in [-0.2, -0.15) is 0 Å². The molecule has 0 aliphatic carbocycles. The predicted molar refractivity (Wildman–Crippen MR) is 81.6 cm³/mol. The van der Waals surface area contributed by atoms with E-state index in [9.17, 15) is 14.4 Å². The molecule has 0 aromatic heterocycles. The molecule has 1 aromatic carbocycles. The Morgan fingerprint density at radius 3 is 2.55 bits per heavy atom. The van der Waals surface area contributed by atoms with Crippen LogP contribution in [0.4, 0.5) is 0 Å². The molecule has 0 aliphatic heterocycles. The van der Waals surface area contributed by atoms with Gasteiger partial charge in [0.15, 0.2) is 6.61 Å². The van der Waals surface area contributed by atoms with Gasteiger partial charge in [0.25, 0.3) is 11.8 Å². The molecule has 0 atom stereocenters. The number of halogens is 2. The lowest BCUT2D eigenvalue weighted by atomic mass is 10.2. The second kappa shape index (κ2) is 8.93. The highest BCUT2D eigenvalue weighted by Crippen LogP contribution is 2.22. The van der Waals surface area contributed by atoms with Crippen LogP contribution in [-0.2, 0) is 14.3 Å². The van der Waals surface area contributed by atoms with Gasteiger partial charge in [-0.05, 0) is 18.2 Å². The third kappa shape index (κ3) is 6.04. The van der Waals surface area contributed by atoms with Crippen LogP contribution in [-0.4, -0.2) is 37.5 Å². The first-order valence-corrected chi connectivity index (χ1v) is 6.78. The van der Waals surface area contributed by atoms with Crippen molar-refractivity contribution in [2.75, 3.05) is 19.7 Å². The Morgan fingerprint density at radius 1 is 1.18 bits per heavy atom. The standard InChI is InChI=1S/C14H12Cl2N2O4/c1-2-5-17-12(19)8-22-13(20)7-18-14(21)9-3-4-10(15)11(16)6-9/h1,3-4,6H,5,7-8H2,(H,17,19)(H,18,21). The Hall–Kier alpha value is -2.23. The summed E-state index contributed by atoms with van der Waals surface area (Å²) in [5, 5.41) is 5.20. The molecular weight excluding hydrogens is 331 g/mol. The molecule has 0 saturated heterocycles. The minimum Gasteiger partial charge on any atom is -0.454 e. The largest absolute Gasteiger partial charge is 0.454 e. The topological polar surface area (TPSA) is 84.5 Å².